The zero-order valence-corrected chi connectivity index (χ0v) is 9.41. The summed E-state index contributed by atoms with van der Waals surface area (Å²) in [4.78, 5) is 1.48. The van der Waals surface area contributed by atoms with E-state index in [1.165, 1.54) is 11.8 Å². The molecule has 0 radical (unpaired) electrons. The number of hydrogen-bond acceptors (Lipinski definition) is 1. The molecule has 0 fully saturated rings. The van der Waals surface area contributed by atoms with Gasteiger partial charge in [0.1, 0.15) is 0 Å². The van der Waals surface area contributed by atoms with E-state index >= 15 is 0 Å². The fourth-order valence-corrected chi connectivity index (χ4v) is 1.09. The van der Waals surface area contributed by atoms with E-state index in [0.717, 1.165) is 6.08 Å². The number of rotatable bonds is 2. The molecule has 94 valence electrons. The van der Waals surface area contributed by atoms with Crippen LogP contribution in [0.4, 0.5) is 22.0 Å². The predicted molar refractivity (Wildman–Crippen MR) is 53.6 cm³/mol. The van der Waals surface area contributed by atoms with Crippen LogP contribution in [0.15, 0.2) is 5.70 Å². The van der Waals surface area contributed by atoms with Crippen molar-refractivity contribution in [2.24, 2.45) is 0 Å². The second-order valence-electron chi connectivity index (χ2n) is 3.66. The summed E-state index contributed by atoms with van der Waals surface area (Å²) >= 11 is 0. The van der Waals surface area contributed by atoms with Gasteiger partial charge in [0, 0.05) is 19.8 Å². The van der Waals surface area contributed by atoms with Crippen LogP contribution < -0.4 is 0 Å². The summed E-state index contributed by atoms with van der Waals surface area (Å²) in [5.41, 5.74) is -0.583. The SMILES string of the molecule is C/C(=C\c1c(F)c(F)c(F)c(F)c1F)N(C)C. The Balaban J connectivity index is 3.50. The molecule has 0 bridgehead atoms. The van der Waals surface area contributed by atoms with Crippen molar-refractivity contribution in [2.75, 3.05) is 14.1 Å². The minimum absolute atomic E-state index is 0.355. The Morgan fingerprint density at radius 2 is 1.18 bits per heavy atom. The monoisotopic (exact) mass is 251 g/mol. The molecule has 0 aromatic heterocycles. The molecular formula is C11H10F5N. The molecule has 0 N–H and O–H groups in total. The summed E-state index contributed by atoms with van der Waals surface area (Å²) in [6.07, 6.45) is 0.899. The van der Waals surface area contributed by atoms with Crippen molar-refractivity contribution in [3.63, 3.8) is 0 Å². The second-order valence-corrected chi connectivity index (χ2v) is 3.66. The number of nitrogens with zero attached hydrogens (tertiary/aromatic N) is 1. The normalized spacial score (nSPS) is 11.9. The number of hydrogen-bond donors (Lipinski definition) is 0. The number of halogens is 5. The van der Waals surface area contributed by atoms with Crippen molar-refractivity contribution < 1.29 is 22.0 Å². The zero-order chi connectivity index (χ0) is 13.3. The van der Waals surface area contributed by atoms with Crippen LogP contribution in [-0.2, 0) is 0 Å². The molecule has 1 aromatic rings. The summed E-state index contributed by atoms with van der Waals surface area (Å²) in [6.45, 7) is 1.48. The van der Waals surface area contributed by atoms with Crippen LogP contribution in [0, 0.1) is 29.1 Å². The van der Waals surface area contributed by atoms with Crippen LogP contribution in [-0.4, -0.2) is 19.0 Å². The van der Waals surface area contributed by atoms with Gasteiger partial charge in [-0.05, 0) is 13.0 Å². The summed E-state index contributed by atoms with van der Waals surface area (Å²) < 4.78 is 64.9. The third kappa shape index (κ3) is 2.40. The Labute approximate surface area is 95.2 Å². The molecule has 0 spiro atoms. The van der Waals surface area contributed by atoms with Crippen molar-refractivity contribution in [3.05, 3.63) is 40.3 Å². The van der Waals surface area contributed by atoms with E-state index in [1.807, 2.05) is 0 Å². The summed E-state index contributed by atoms with van der Waals surface area (Å²) in [7, 11) is 3.16. The third-order valence-electron chi connectivity index (χ3n) is 2.30. The average Bonchev–Trinajstić information content (AvgIpc) is 2.29. The van der Waals surface area contributed by atoms with Gasteiger partial charge in [-0.15, -0.1) is 0 Å². The van der Waals surface area contributed by atoms with E-state index in [1.54, 1.807) is 14.1 Å². The van der Waals surface area contributed by atoms with Gasteiger partial charge in [0.15, 0.2) is 23.3 Å². The Bertz CT molecular complexity index is 450. The first kappa shape index (κ1) is 13.5. The topological polar surface area (TPSA) is 3.24 Å². The molecule has 0 unspecified atom stereocenters. The van der Waals surface area contributed by atoms with Crippen LogP contribution in [0.1, 0.15) is 12.5 Å². The van der Waals surface area contributed by atoms with Gasteiger partial charge < -0.3 is 4.90 Å². The average molecular weight is 251 g/mol. The molecule has 0 aliphatic carbocycles. The van der Waals surface area contributed by atoms with Crippen molar-refractivity contribution in [1.82, 2.24) is 4.90 Å². The zero-order valence-electron chi connectivity index (χ0n) is 9.41. The minimum atomic E-state index is -2.15. The fraction of sp³-hybridized carbons (Fsp3) is 0.273. The molecule has 0 aliphatic rings. The molecule has 17 heavy (non-hydrogen) atoms. The number of benzene rings is 1. The maximum Gasteiger partial charge on any atom is 0.200 e. The van der Waals surface area contributed by atoms with E-state index < -0.39 is 34.6 Å². The molecule has 0 saturated heterocycles. The van der Waals surface area contributed by atoms with Gasteiger partial charge in [0.2, 0.25) is 5.82 Å². The Hall–Kier alpha value is -1.59. The maximum absolute atomic E-state index is 13.2. The van der Waals surface area contributed by atoms with E-state index in [0.29, 0.717) is 5.70 Å². The first-order valence-corrected chi connectivity index (χ1v) is 4.64. The van der Waals surface area contributed by atoms with E-state index in [9.17, 15) is 22.0 Å². The molecule has 0 amide bonds. The highest BCUT2D eigenvalue weighted by molar-refractivity contribution is 5.54. The van der Waals surface area contributed by atoms with Crippen LogP contribution in [0.2, 0.25) is 0 Å². The fourth-order valence-electron chi connectivity index (χ4n) is 1.09. The molecule has 1 aromatic carbocycles. The Kier molecular flexibility index (Phi) is 3.75. The molecule has 0 aliphatic heterocycles. The lowest BCUT2D eigenvalue weighted by Crippen LogP contribution is -2.10. The van der Waals surface area contributed by atoms with Gasteiger partial charge in [-0.2, -0.15) is 0 Å². The van der Waals surface area contributed by atoms with Crippen LogP contribution in [0.25, 0.3) is 6.08 Å². The lowest BCUT2D eigenvalue weighted by Gasteiger charge is -2.13. The minimum Gasteiger partial charge on any atom is -0.381 e. The maximum atomic E-state index is 13.2. The van der Waals surface area contributed by atoms with Gasteiger partial charge in [-0.3, -0.25) is 0 Å². The quantitative estimate of drug-likeness (QED) is 0.443. The molecule has 6 heteroatoms. The highest BCUT2D eigenvalue weighted by atomic mass is 19.2. The van der Waals surface area contributed by atoms with Crippen LogP contribution >= 0.6 is 0 Å². The lowest BCUT2D eigenvalue weighted by atomic mass is 10.1. The predicted octanol–water partition coefficient (Wildman–Crippen LogP) is 3.30. The molecular weight excluding hydrogens is 241 g/mol. The molecule has 0 heterocycles. The van der Waals surface area contributed by atoms with Crippen LogP contribution in [0.3, 0.4) is 0 Å². The number of allylic oxidation sites excluding steroid dienone is 1. The standard InChI is InChI=1S/C11H10F5N/c1-5(17(2)3)4-6-7(12)9(14)11(16)10(15)8(6)13/h4H,1-3H3/b5-4+. The molecule has 0 saturated carbocycles. The van der Waals surface area contributed by atoms with Gasteiger partial charge in [-0.25, -0.2) is 22.0 Å². The highest BCUT2D eigenvalue weighted by Gasteiger charge is 2.24. The van der Waals surface area contributed by atoms with E-state index in [4.69, 9.17) is 0 Å². The van der Waals surface area contributed by atoms with Gasteiger partial charge in [0.25, 0.3) is 0 Å². The van der Waals surface area contributed by atoms with Crippen LogP contribution in [0.5, 0.6) is 0 Å². The summed E-state index contributed by atoms with van der Waals surface area (Å²) in [5.74, 6) is -9.70. The van der Waals surface area contributed by atoms with E-state index in [2.05, 4.69) is 0 Å². The summed E-state index contributed by atoms with van der Waals surface area (Å²) in [6, 6.07) is 0. The largest absolute Gasteiger partial charge is 0.381 e. The van der Waals surface area contributed by atoms with E-state index in [-0.39, 0.29) is 0 Å². The van der Waals surface area contributed by atoms with Gasteiger partial charge >= 0.3 is 0 Å². The lowest BCUT2D eigenvalue weighted by molar-refractivity contribution is 0.376. The third-order valence-corrected chi connectivity index (χ3v) is 2.30. The Morgan fingerprint density at radius 1 is 0.824 bits per heavy atom. The Morgan fingerprint density at radius 3 is 1.53 bits per heavy atom. The van der Waals surface area contributed by atoms with Crippen molar-refractivity contribution in [1.29, 1.82) is 0 Å². The van der Waals surface area contributed by atoms with Crippen molar-refractivity contribution in [2.45, 2.75) is 6.92 Å². The summed E-state index contributed by atoms with van der Waals surface area (Å²) in [5, 5.41) is 0. The second kappa shape index (κ2) is 4.73. The first-order chi connectivity index (χ1) is 7.77. The van der Waals surface area contributed by atoms with Crippen molar-refractivity contribution >= 4 is 6.08 Å². The highest BCUT2D eigenvalue weighted by Crippen LogP contribution is 2.25. The molecule has 1 nitrogen and oxygen atoms in total. The molecule has 1 rings (SSSR count). The van der Waals surface area contributed by atoms with Crippen molar-refractivity contribution in [3.8, 4) is 0 Å². The van der Waals surface area contributed by atoms with Gasteiger partial charge in [-0.1, -0.05) is 0 Å². The first-order valence-electron chi connectivity index (χ1n) is 4.64. The molecule has 0 atom stereocenters. The smallest absolute Gasteiger partial charge is 0.200 e. The van der Waals surface area contributed by atoms with Gasteiger partial charge in [0.05, 0.1) is 5.56 Å².